The minimum Gasteiger partial charge on any atom is -0.294 e. The third-order valence-corrected chi connectivity index (χ3v) is 4.98. The van der Waals surface area contributed by atoms with Crippen molar-refractivity contribution < 1.29 is 4.79 Å². The number of ketones is 1. The minimum absolute atomic E-state index is 0.110. The van der Waals surface area contributed by atoms with E-state index in [1.165, 1.54) is 10.4 Å². The molecule has 1 aliphatic carbocycles. The number of Topliss-reactive ketones (excluding diaryl/α,β-unsaturated/α-hetero) is 1. The molecule has 0 N–H and O–H groups in total. The number of benzene rings is 1. The number of carbonyl (C=O) groups excluding carboxylic acids is 1. The highest BCUT2D eigenvalue weighted by Gasteiger charge is 2.25. The summed E-state index contributed by atoms with van der Waals surface area (Å²) in [4.78, 5) is 13.8. The largest absolute Gasteiger partial charge is 0.294 e. The number of thiophene rings is 1. The molecule has 1 unspecified atom stereocenters. The van der Waals surface area contributed by atoms with Gasteiger partial charge in [0.25, 0.3) is 0 Å². The minimum atomic E-state index is 0.110. The highest BCUT2D eigenvalue weighted by molar-refractivity contribution is 7.16. The van der Waals surface area contributed by atoms with Gasteiger partial charge >= 0.3 is 0 Å². The Labute approximate surface area is 122 Å². The topological polar surface area (TPSA) is 17.1 Å². The quantitative estimate of drug-likeness (QED) is 0.728. The number of fused-ring (bicyclic) bond motifs is 1. The van der Waals surface area contributed by atoms with Gasteiger partial charge in [0.1, 0.15) is 0 Å². The molecular formula is C16H15ClOS. The second-order valence-electron chi connectivity index (χ2n) is 5.02. The molecular weight excluding hydrogens is 276 g/mol. The Morgan fingerprint density at radius 2 is 2.05 bits per heavy atom. The van der Waals surface area contributed by atoms with Crippen LogP contribution in [0.2, 0.25) is 4.34 Å². The van der Waals surface area contributed by atoms with Gasteiger partial charge in [0.2, 0.25) is 0 Å². The Morgan fingerprint density at radius 1 is 1.21 bits per heavy atom. The molecule has 1 aromatic heterocycles. The third kappa shape index (κ3) is 2.75. The number of hydrogen-bond donors (Lipinski definition) is 0. The zero-order valence-corrected chi connectivity index (χ0v) is 12.1. The SMILES string of the molecule is O=C1c2ccccc2CCCC1Cc1ccc(Cl)s1. The first-order chi connectivity index (χ1) is 9.24. The highest BCUT2D eigenvalue weighted by Crippen LogP contribution is 2.30. The van der Waals surface area contributed by atoms with Crippen molar-refractivity contribution in [2.45, 2.75) is 25.7 Å². The maximum Gasteiger partial charge on any atom is 0.166 e. The molecule has 1 nitrogen and oxygen atoms in total. The molecule has 2 aromatic rings. The van der Waals surface area contributed by atoms with E-state index >= 15 is 0 Å². The second-order valence-corrected chi connectivity index (χ2v) is 6.82. The first-order valence-electron chi connectivity index (χ1n) is 6.60. The van der Waals surface area contributed by atoms with E-state index in [0.29, 0.717) is 5.78 Å². The van der Waals surface area contributed by atoms with Crippen LogP contribution in [-0.4, -0.2) is 5.78 Å². The van der Waals surface area contributed by atoms with Crippen molar-refractivity contribution in [1.82, 2.24) is 0 Å². The molecule has 0 radical (unpaired) electrons. The smallest absolute Gasteiger partial charge is 0.166 e. The summed E-state index contributed by atoms with van der Waals surface area (Å²) in [5.41, 5.74) is 2.13. The molecule has 19 heavy (non-hydrogen) atoms. The van der Waals surface area contributed by atoms with E-state index in [0.717, 1.165) is 35.6 Å². The van der Waals surface area contributed by atoms with Crippen LogP contribution in [0.25, 0.3) is 0 Å². The predicted molar refractivity (Wildman–Crippen MR) is 80.2 cm³/mol. The van der Waals surface area contributed by atoms with Gasteiger partial charge in [-0.1, -0.05) is 35.9 Å². The lowest BCUT2D eigenvalue weighted by molar-refractivity contribution is 0.0916. The molecule has 1 atom stereocenters. The zero-order valence-electron chi connectivity index (χ0n) is 10.6. The van der Waals surface area contributed by atoms with Gasteiger partial charge in [0.15, 0.2) is 5.78 Å². The van der Waals surface area contributed by atoms with Crippen molar-refractivity contribution in [3.8, 4) is 0 Å². The molecule has 0 fully saturated rings. The summed E-state index contributed by atoms with van der Waals surface area (Å²) in [7, 11) is 0. The van der Waals surface area contributed by atoms with E-state index in [9.17, 15) is 4.79 Å². The van der Waals surface area contributed by atoms with Gasteiger partial charge in [-0.3, -0.25) is 4.79 Å². The molecule has 0 bridgehead atoms. The molecule has 0 amide bonds. The molecule has 0 spiro atoms. The van der Waals surface area contributed by atoms with Gasteiger partial charge in [-0.25, -0.2) is 0 Å². The van der Waals surface area contributed by atoms with Crippen molar-refractivity contribution in [1.29, 1.82) is 0 Å². The van der Waals surface area contributed by atoms with Crippen LogP contribution in [0.5, 0.6) is 0 Å². The van der Waals surface area contributed by atoms with Gasteiger partial charge in [0.05, 0.1) is 4.34 Å². The van der Waals surface area contributed by atoms with E-state index < -0.39 is 0 Å². The maximum absolute atomic E-state index is 12.6. The fourth-order valence-electron chi connectivity index (χ4n) is 2.77. The van der Waals surface area contributed by atoms with Crippen LogP contribution < -0.4 is 0 Å². The van der Waals surface area contributed by atoms with Crippen molar-refractivity contribution in [3.63, 3.8) is 0 Å². The lowest BCUT2D eigenvalue weighted by atomic mass is 9.92. The zero-order chi connectivity index (χ0) is 13.2. The number of aryl methyl sites for hydroxylation is 1. The Hall–Kier alpha value is -1.12. The lowest BCUT2D eigenvalue weighted by Gasteiger charge is -2.12. The normalized spacial score (nSPS) is 19.0. The summed E-state index contributed by atoms with van der Waals surface area (Å²) in [5.74, 6) is 0.413. The molecule has 3 heteroatoms. The molecule has 1 heterocycles. The Balaban J connectivity index is 1.85. The first kappa shape index (κ1) is 12.9. The van der Waals surface area contributed by atoms with E-state index in [1.54, 1.807) is 11.3 Å². The maximum atomic E-state index is 12.6. The van der Waals surface area contributed by atoms with E-state index in [1.807, 2.05) is 30.3 Å². The van der Waals surface area contributed by atoms with Crippen molar-refractivity contribution in [2.75, 3.05) is 0 Å². The van der Waals surface area contributed by atoms with Crippen LogP contribution in [0.4, 0.5) is 0 Å². The third-order valence-electron chi connectivity index (χ3n) is 3.73. The van der Waals surface area contributed by atoms with Crippen LogP contribution in [0.15, 0.2) is 36.4 Å². The number of carbonyl (C=O) groups is 1. The Morgan fingerprint density at radius 3 is 2.84 bits per heavy atom. The van der Waals surface area contributed by atoms with Gasteiger partial charge in [0, 0.05) is 16.4 Å². The van der Waals surface area contributed by atoms with Gasteiger partial charge in [-0.2, -0.15) is 0 Å². The molecule has 0 saturated heterocycles. The van der Waals surface area contributed by atoms with Crippen molar-refractivity contribution >= 4 is 28.7 Å². The molecule has 0 saturated carbocycles. The number of rotatable bonds is 2. The van der Waals surface area contributed by atoms with Gasteiger partial charge < -0.3 is 0 Å². The number of hydrogen-bond acceptors (Lipinski definition) is 2. The average Bonchev–Trinajstić information content (AvgIpc) is 2.75. The van der Waals surface area contributed by atoms with Gasteiger partial charge in [-0.05, 0) is 43.4 Å². The fraction of sp³-hybridized carbons (Fsp3) is 0.312. The molecule has 1 aliphatic rings. The highest BCUT2D eigenvalue weighted by atomic mass is 35.5. The van der Waals surface area contributed by atoms with Crippen LogP contribution in [0.3, 0.4) is 0 Å². The van der Waals surface area contributed by atoms with Crippen LogP contribution in [0.1, 0.15) is 33.6 Å². The second kappa shape index (κ2) is 5.48. The lowest BCUT2D eigenvalue weighted by Crippen LogP contribution is -2.16. The monoisotopic (exact) mass is 290 g/mol. The molecule has 1 aromatic carbocycles. The Kier molecular flexibility index (Phi) is 3.72. The van der Waals surface area contributed by atoms with Crippen LogP contribution in [-0.2, 0) is 12.8 Å². The van der Waals surface area contributed by atoms with Crippen LogP contribution >= 0.6 is 22.9 Å². The summed E-state index contributed by atoms with van der Waals surface area (Å²) in [6.07, 6.45) is 3.91. The van der Waals surface area contributed by atoms with Crippen molar-refractivity contribution in [3.05, 3.63) is 56.7 Å². The standard InChI is InChI=1S/C16H15ClOS/c17-15-9-8-13(19-15)10-12-6-3-5-11-4-1-2-7-14(11)16(12)18/h1-2,4,7-9,12H,3,5-6,10H2. The van der Waals surface area contributed by atoms with Gasteiger partial charge in [-0.15, -0.1) is 11.3 Å². The molecule has 0 aliphatic heterocycles. The van der Waals surface area contributed by atoms with Crippen molar-refractivity contribution in [2.24, 2.45) is 5.92 Å². The Bertz CT molecular complexity index is 602. The van der Waals surface area contributed by atoms with E-state index in [4.69, 9.17) is 11.6 Å². The summed E-state index contributed by atoms with van der Waals surface area (Å²) < 4.78 is 0.802. The van der Waals surface area contributed by atoms with E-state index in [-0.39, 0.29) is 5.92 Å². The summed E-state index contributed by atoms with van der Waals surface area (Å²) in [5, 5.41) is 0. The molecule has 98 valence electrons. The average molecular weight is 291 g/mol. The first-order valence-corrected chi connectivity index (χ1v) is 7.80. The van der Waals surface area contributed by atoms with Crippen LogP contribution in [0, 0.1) is 5.92 Å². The predicted octanol–water partition coefficient (Wildman–Crippen LogP) is 4.78. The summed E-state index contributed by atoms with van der Waals surface area (Å²) in [6.45, 7) is 0. The molecule has 3 rings (SSSR count). The summed E-state index contributed by atoms with van der Waals surface area (Å²) >= 11 is 7.55. The fourth-order valence-corrected chi connectivity index (χ4v) is 3.94. The number of halogens is 1. The van der Waals surface area contributed by atoms with E-state index in [2.05, 4.69) is 6.07 Å². The summed E-state index contributed by atoms with van der Waals surface area (Å²) in [6, 6.07) is 12.0.